The molecule has 0 unspecified atom stereocenters. The molecule has 0 fully saturated rings. The number of rotatable bonds is 12. The first-order chi connectivity index (χ1) is 17.4. The molecule has 0 saturated carbocycles. The highest BCUT2D eigenvalue weighted by Crippen LogP contribution is 2.20. The molecule has 3 rings (SSSR count). The summed E-state index contributed by atoms with van der Waals surface area (Å²) in [5.41, 5.74) is 3.52. The molecule has 0 bridgehead atoms. The molecular weight excluding hydrogens is 475 g/mol. The number of aliphatic carboxylic acids is 1. The lowest BCUT2D eigenvalue weighted by atomic mass is 10.1. The molecule has 0 aliphatic carbocycles. The number of ether oxygens (including phenoxy) is 1. The van der Waals surface area contributed by atoms with Crippen molar-refractivity contribution < 1.29 is 19.0 Å². The summed E-state index contributed by atoms with van der Waals surface area (Å²) < 4.78 is 19.9. The number of carboxylic acids is 1. The summed E-state index contributed by atoms with van der Waals surface area (Å²) in [6.07, 6.45) is 3.00. The van der Waals surface area contributed by atoms with Crippen molar-refractivity contribution in [1.82, 2.24) is 4.90 Å². The SMILES string of the molecule is CCCN(Cc1ccc(COc2ccc(CCC(=O)O)c(F)c2)cc1)C(=N)S/C=C/c1ccccc1. The predicted molar refractivity (Wildman–Crippen MR) is 145 cm³/mol. The Morgan fingerprint density at radius 3 is 2.47 bits per heavy atom. The summed E-state index contributed by atoms with van der Waals surface area (Å²) in [4.78, 5) is 12.7. The summed E-state index contributed by atoms with van der Waals surface area (Å²) in [6, 6.07) is 22.6. The van der Waals surface area contributed by atoms with E-state index in [1.165, 1.54) is 17.8 Å². The first-order valence-corrected chi connectivity index (χ1v) is 12.7. The Hall–Kier alpha value is -3.58. The van der Waals surface area contributed by atoms with Gasteiger partial charge in [-0.15, -0.1) is 0 Å². The predicted octanol–water partition coefficient (Wildman–Crippen LogP) is 6.97. The number of hydrogen-bond donors (Lipinski definition) is 2. The summed E-state index contributed by atoms with van der Waals surface area (Å²) in [5.74, 6) is -1.01. The van der Waals surface area contributed by atoms with Gasteiger partial charge in [-0.3, -0.25) is 10.2 Å². The van der Waals surface area contributed by atoms with E-state index in [0.29, 0.717) is 29.6 Å². The van der Waals surface area contributed by atoms with Crippen molar-refractivity contribution in [3.8, 4) is 5.75 Å². The van der Waals surface area contributed by atoms with Crippen LogP contribution in [0.3, 0.4) is 0 Å². The number of benzene rings is 3. The van der Waals surface area contributed by atoms with E-state index in [4.69, 9.17) is 15.3 Å². The van der Waals surface area contributed by atoms with E-state index in [1.54, 1.807) is 12.1 Å². The fourth-order valence-electron chi connectivity index (χ4n) is 3.53. The van der Waals surface area contributed by atoms with Crippen LogP contribution in [0.2, 0.25) is 0 Å². The second kappa shape index (κ2) is 14.1. The molecule has 0 saturated heterocycles. The van der Waals surface area contributed by atoms with Gasteiger partial charge >= 0.3 is 5.97 Å². The summed E-state index contributed by atoms with van der Waals surface area (Å²) in [5, 5.41) is 19.7. The van der Waals surface area contributed by atoms with Gasteiger partial charge in [-0.1, -0.05) is 79.3 Å². The molecule has 0 heterocycles. The van der Waals surface area contributed by atoms with E-state index in [-0.39, 0.29) is 12.8 Å². The molecule has 36 heavy (non-hydrogen) atoms. The molecule has 3 aromatic carbocycles. The Morgan fingerprint density at radius 2 is 1.81 bits per heavy atom. The third-order valence-electron chi connectivity index (χ3n) is 5.46. The molecule has 5 nitrogen and oxygen atoms in total. The normalized spacial score (nSPS) is 10.9. The van der Waals surface area contributed by atoms with Crippen LogP contribution in [0.5, 0.6) is 5.75 Å². The van der Waals surface area contributed by atoms with Crippen LogP contribution in [0.1, 0.15) is 42.0 Å². The zero-order chi connectivity index (χ0) is 25.8. The minimum Gasteiger partial charge on any atom is -0.489 e. The lowest BCUT2D eigenvalue weighted by molar-refractivity contribution is -0.136. The van der Waals surface area contributed by atoms with Gasteiger partial charge in [0, 0.05) is 25.6 Å². The van der Waals surface area contributed by atoms with Crippen molar-refractivity contribution in [2.24, 2.45) is 0 Å². The number of nitrogens with zero attached hydrogens (tertiary/aromatic N) is 1. The van der Waals surface area contributed by atoms with Crippen LogP contribution in [0.15, 0.2) is 78.2 Å². The summed E-state index contributed by atoms with van der Waals surface area (Å²) in [7, 11) is 0. The number of carboxylic acid groups (broad SMARTS) is 1. The van der Waals surface area contributed by atoms with Crippen LogP contribution in [0, 0.1) is 11.2 Å². The Kier molecular flexibility index (Phi) is 10.6. The van der Waals surface area contributed by atoms with E-state index in [1.807, 2.05) is 66.1 Å². The van der Waals surface area contributed by atoms with Gasteiger partial charge in [0.1, 0.15) is 18.2 Å². The number of thioether (sulfide) groups is 1. The number of hydrogen-bond acceptors (Lipinski definition) is 4. The van der Waals surface area contributed by atoms with Crippen LogP contribution >= 0.6 is 11.8 Å². The highest BCUT2D eigenvalue weighted by atomic mass is 32.2. The van der Waals surface area contributed by atoms with Gasteiger partial charge in [0.2, 0.25) is 0 Å². The number of halogens is 1. The first kappa shape index (κ1) is 27.0. The van der Waals surface area contributed by atoms with Gasteiger partial charge < -0.3 is 14.7 Å². The maximum atomic E-state index is 14.2. The molecule has 2 N–H and O–H groups in total. The molecular formula is C29H31FN2O3S. The van der Waals surface area contributed by atoms with Crippen LogP contribution in [0.4, 0.5) is 4.39 Å². The molecule has 7 heteroatoms. The molecule has 0 aliphatic rings. The zero-order valence-corrected chi connectivity index (χ0v) is 21.1. The largest absolute Gasteiger partial charge is 0.489 e. The topological polar surface area (TPSA) is 73.6 Å². The third kappa shape index (κ3) is 8.89. The minimum absolute atomic E-state index is 0.109. The monoisotopic (exact) mass is 506 g/mol. The second-order valence-corrected chi connectivity index (χ2v) is 9.20. The van der Waals surface area contributed by atoms with Gasteiger partial charge in [0.25, 0.3) is 0 Å². The lowest BCUT2D eigenvalue weighted by Gasteiger charge is -2.23. The molecule has 0 atom stereocenters. The van der Waals surface area contributed by atoms with Crippen molar-refractivity contribution in [1.29, 1.82) is 5.41 Å². The third-order valence-corrected chi connectivity index (χ3v) is 6.21. The van der Waals surface area contributed by atoms with Crippen LogP contribution in [-0.4, -0.2) is 27.7 Å². The second-order valence-electron chi connectivity index (χ2n) is 8.31. The van der Waals surface area contributed by atoms with E-state index in [0.717, 1.165) is 29.7 Å². The van der Waals surface area contributed by atoms with Gasteiger partial charge in [-0.25, -0.2) is 4.39 Å². The fraction of sp³-hybridized carbons (Fsp3) is 0.241. The molecule has 0 spiro atoms. The van der Waals surface area contributed by atoms with E-state index in [2.05, 4.69) is 11.8 Å². The molecule has 3 aromatic rings. The van der Waals surface area contributed by atoms with E-state index >= 15 is 0 Å². The lowest BCUT2D eigenvalue weighted by Crippen LogP contribution is -2.28. The van der Waals surface area contributed by atoms with Gasteiger partial charge in [0.15, 0.2) is 5.17 Å². The van der Waals surface area contributed by atoms with Gasteiger partial charge in [-0.2, -0.15) is 0 Å². The molecule has 0 amide bonds. The smallest absolute Gasteiger partial charge is 0.303 e. The summed E-state index contributed by atoms with van der Waals surface area (Å²) in [6.45, 7) is 3.84. The number of aryl methyl sites for hydroxylation is 1. The zero-order valence-electron chi connectivity index (χ0n) is 20.3. The Labute approximate surface area is 216 Å². The highest BCUT2D eigenvalue weighted by Gasteiger charge is 2.10. The van der Waals surface area contributed by atoms with Gasteiger partial charge in [-0.05, 0) is 52.6 Å². The Bertz CT molecular complexity index is 1170. The van der Waals surface area contributed by atoms with Crippen molar-refractivity contribution in [2.75, 3.05) is 6.54 Å². The maximum Gasteiger partial charge on any atom is 0.303 e. The highest BCUT2D eigenvalue weighted by molar-refractivity contribution is 8.16. The van der Waals surface area contributed by atoms with Gasteiger partial charge in [0.05, 0.1) is 0 Å². The van der Waals surface area contributed by atoms with Crippen LogP contribution in [-0.2, 0) is 24.4 Å². The minimum atomic E-state index is -0.952. The number of amidine groups is 1. The standard InChI is InChI=1S/C29H31FN2O3S/c1-2-17-32(29(31)36-18-16-22-6-4-3-5-7-22)20-23-8-10-24(11-9-23)21-35-26-14-12-25(27(30)19-26)13-15-28(33)34/h3-12,14,16,18-19,31H,2,13,15,17,20-21H2,1H3,(H,33,34)/b18-16+,31-29?. The van der Waals surface area contributed by atoms with Crippen molar-refractivity contribution in [3.05, 3.63) is 106 Å². The fourth-order valence-corrected chi connectivity index (χ4v) is 4.19. The molecule has 0 aromatic heterocycles. The number of nitrogens with one attached hydrogen (secondary N) is 1. The molecule has 0 radical (unpaired) electrons. The van der Waals surface area contributed by atoms with Crippen LogP contribution in [0.25, 0.3) is 6.08 Å². The van der Waals surface area contributed by atoms with E-state index < -0.39 is 11.8 Å². The average Bonchev–Trinajstić information content (AvgIpc) is 2.88. The molecule has 188 valence electrons. The maximum absolute atomic E-state index is 14.2. The Morgan fingerprint density at radius 1 is 1.08 bits per heavy atom. The first-order valence-electron chi connectivity index (χ1n) is 11.9. The Balaban J connectivity index is 1.52. The number of carbonyl (C=O) groups is 1. The quantitative estimate of drug-likeness (QED) is 0.205. The van der Waals surface area contributed by atoms with Crippen molar-refractivity contribution in [3.63, 3.8) is 0 Å². The van der Waals surface area contributed by atoms with Crippen molar-refractivity contribution in [2.45, 2.75) is 39.3 Å². The molecule has 0 aliphatic heterocycles. The summed E-state index contributed by atoms with van der Waals surface area (Å²) >= 11 is 1.40. The van der Waals surface area contributed by atoms with Crippen LogP contribution < -0.4 is 4.74 Å². The average molecular weight is 507 g/mol. The van der Waals surface area contributed by atoms with E-state index in [9.17, 15) is 9.18 Å². The van der Waals surface area contributed by atoms with Crippen molar-refractivity contribution >= 4 is 29.0 Å².